The summed E-state index contributed by atoms with van der Waals surface area (Å²) in [6.07, 6.45) is 0. The highest BCUT2D eigenvalue weighted by Crippen LogP contribution is 2.28. The van der Waals surface area contributed by atoms with E-state index in [9.17, 15) is 4.79 Å². The zero-order valence-electron chi connectivity index (χ0n) is 12.8. The number of carboxylic acids is 1. The highest BCUT2D eigenvalue weighted by atomic mass is 32.2. The fourth-order valence-electron chi connectivity index (χ4n) is 1.58. The molecule has 0 amide bonds. The number of aliphatic carboxylic acids is 1. The van der Waals surface area contributed by atoms with Crippen LogP contribution in [0.1, 0.15) is 33.3 Å². The van der Waals surface area contributed by atoms with E-state index in [0.29, 0.717) is 11.7 Å². The van der Waals surface area contributed by atoms with Crippen molar-refractivity contribution in [3.05, 3.63) is 29.8 Å². The predicted octanol–water partition coefficient (Wildman–Crippen LogP) is 3.64. The molecule has 0 radical (unpaired) electrons. The zero-order chi connectivity index (χ0) is 15.2. The number of thioether (sulfide) groups is 1. The van der Waals surface area contributed by atoms with E-state index in [1.807, 2.05) is 12.1 Å². The lowest BCUT2D eigenvalue weighted by molar-refractivity contribution is -0.145. The largest absolute Gasteiger partial charge is 0.481 e. The van der Waals surface area contributed by atoms with Crippen LogP contribution in [0.3, 0.4) is 0 Å². The number of hydrogen-bond acceptors (Lipinski definition) is 3. The van der Waals surface area contributed by atoms with Crippen molar-refractivity contribution < 1.29 is 9.90 Å². The molecule has 0 heterocycles. The molecule has 0 saturated heterocycles. The average molecular weight is 295 g/mol. The molecular weight excluding hydrogens is 270 g/mol. The van der Waals surface area contributed by atoms with Crippen LogP contribution in [-0.4, -0.2) is 23.4 Å². The van der Waals surface area contributed by atoms with Gasteiger partial charge >= 0.3 is 5.97 Å². The molecule has 0 fully saturated rings. The zero-order valence-corrected chi connectivity index (χ0v) is 13.6. The van der Waals surface area contributed by atoms with Crippen LogP contribution in [0.2, 0.25) is 0 Å². The second-order valence-corrected chi connectivity index (χ2v) is 7.20. The van der Waals surface area contributed by atoms with Crippen molar-refractivity contribution in [2.24, 2.45) is 11.3 Å². The summed E-state index contributed by atoms with van der Waals surface area (Å²) < 4.78 is 0. The van der Waals surface area contributed by atoms with E-state index in [-0.39, 0.29) is 0 Å². The maximum atomic E-state index is 11.1. The lowest BCUT2D eigenvalue weighted by atomic mass is 9.97. The number of nitrogens with one attached hydrogen (secondary N) is 1. The van der Waals surface area contributed by atoms with Crippen LogP contribution in [-0.2, 0) is 11.3 Å². The molecule has 0 aliphatic heterocycles. The molecule has 0 saturated carbocycles. The molecule has 1 aromatic carbocycles. The first-order valence-corrected chi connectivity index (χ1v) is 7.95. The third-order valence-electron chi connectivity index (χ3n) is 2.96. The first kappa shape index (κ1) is 17.1. The van der Waals surface area contributed by atoms with E-state index < -0.39 is 11.4 Å². The van der Waals surface area contributed by atoms with Gasteiger partial charge in [0.2, 0.25) is 0 Å². The Kier molecular flexibility index (Phi) is 6.56. The van der Waals surface area contributed by atoms with E-state index >= 15 is 0 Å². The van der Waals surface area contributed by atoms with Crippen molar-refractivity contribution in [3.8, 4) is 0 Å². The van der Waals surface area contributed by atoms with E-state index in [0.717, 1.165) is 18.0 Å². The number of hydrogen-bond donors (Lipinski definition) is 2. The molecule has 20 heavy (non-hydrogen) atoms. The van der Waals surface area contributed by atoms with Gasteiger partial charge in [0.05, 0.1) is 5.41 Å². The van der Waals surface area contributed by atoms with Crippen LogP contribution in [0.5, 0.6) is 0 Å². The van der Waals surface area contributed by atoms with Crippen LogP contribution in [0.4, 0.5) is 0 Å². The first-order chi connectivity index (χ1) is 9.31. The SMILES string of the molecule is CC(C)CNCc1cccc(SCC(C)(C)C(=O)O)c1. The van der Waals surface area contributed by atoms with Gasteiger partial charge in [-0.15, -0.1) is 11.8 Å². The van der Waals surface area contributed by atoms with Gasteiger partial charge in [-0.1, -0.05) is 26.0 Å². The van der Waals surface area contributed by atoms with E-state index in [4.69, 9.17) is 5.11 Å². The van der Waals surface area contributed by atoms with Crippen molar-refractivity contribution in [1.29, 1.82) is 0 Å². The topological polar surface area (TPSA) is 49.3 Å². The maximum Gasteiger partial charge on any atom is 0.309 e. The molecule has 4 heteroatoms. The Balaban J connectivity index is 2.53. The standard InChI is InChI=1S/C16H25NO2S/c1-12(2)9-17-10-13-6-5-7-14(8-13)20-11-16(3,4)15(18)19/h5-8,12,17H,9-11H2,1-4H3,(H,18,19). The highest BCUT2D eigenvalue weighted by Gasteiger charge is 2.27. The lowest BCUT2D eigenvalue weighted by Crippen LogP contribution is -2.26. The third kappa shape index (κ3) is 5.97. The van der Waals surface area contributed by atoms with Crippen LogP contribution in [0.25, 0.3) is 0 Å². The summed E-state index contributed by atoms with van der Waals surface area (Å²) in [6.45, 7) is 9.76. The molecule has 0 aromatic heterocycles. The molecule has 112 valence electrons. The molecular formula is C16H25NO2S. The van der Waals surface area contributed by atoms with E-state index in [1.165, 1.54) is 5.56 Å². The van der Waals surface area contributed by atoms with Gasteiger partial charge in [0.15, 0.2) is 0 Å². The van der Waals surface area contributed by atoms with Gasteiger partial charge < -0.3 is 10.4 Å². The Morgan fingerprint density at radius 2 is 2.10 bits per heavy atom. The summed E-state index contributed by atoms with van der Waals surface area (Å²) in [4.78, 5) is 12.2. The van der Waals surface area contributed by atoms with E-state index in [2.05, 4.69) is 31.3 Å². The molecule has 0 spiro atoms. The Hall–Kier alpha value is -1.00. The third-order valence-corrected chi connectivity index (χ3v) is 4.41. The minimum Gasteiger partial charge on any atom is -0.481 e. The number of rotatable bonds is 8. The molecule has 0 atom stereocenters. The fraction of sp³-hybridized carbons (Fsp3) is 0.562. The van der Waals surface area contributed by atoms with Gasteiger partial charge in [-0.2, -0.15) is 0 Å². The molecule has 1 aromatic rings. The minimum atomic E-state index is -0.750. The molecule has 0 aliphatic rings. The summed E-state index contributed by atoms with van der Waals surface area (Å²) in [5.74, 6) is 0.467. The molecule has 0 unspecified atom stereocenters. The minimum absolute atomic E-state index is 0.575. The summed E-state index contributed by atoms with van der Waals surface area (Å²) >= 11 is 1.60. The second kappa shape index (κ2) is 7.70. The van der Waals surface area contributed by atoms with Crippen LogP contribution < -0.4 is 5.32 Å². The number of carboxylic acid groups (broad SMARTS) is 1. The summed E-state index contributed by atoms with van der Waals surface area (Å²) in [6, 6.07) is 8.30. The molecule has 0 bridgehead atoms. The molecule has 3 nitrogen and oxygen atoms in total. The van der Waals surface area contributed by atoms with Gasteiger partial charge in [0.1, 0.15) is 0 Å². The fourth-order valence-corrected chi connectivity index (χ4v) is 2.64. The Morgan fingerprint density at radius 1 is 1.40 bits per heavy atom. The van der Waals surface area contributed by atoms with Gasteiger partial charge in [0, 0.05) is 17.2 Å². The smallest absolute Gasteiger partial charge is 0.309 e. The number of benzene rings is 1. The Morgan fingerprint density at radius 3 is 2.70 bits per heavy atom. The summed E-state index contributed by atoms with van der Waals surface area (Å²) in [7, 11) is 0. The van der Waals surface area contributed by atoms with Crippen molar-refractivity contribution >= 4 is 17.7 Å². The van der Waals surface area contributed by atoms with Crippen molar-refractivity contribution in [2.75, 3.05) is 12.3 Å². The average Bonchev–Trinajstić information content (AvgIpc) is 2.36. The van der Waals surface area contributed by atoms with Gasteiger partial charge in [-0.25, -0.2) is 0 Å². The van der Waals surface area contributed by atoms with Crippen molar-refractivity contribution in [1.82, 2.24) is 5.32 Å². The van der Waals surface area contributed by atoms with Gasteiger partial charge in [-0.05, 0) is 44.0 Å². The Labute approximate surface area is 126 Å². The molecule has 0 aliphatic carbocycles. The van der Waals surface area contributed by atoms with E-state index in [1.54, 1.807) is 25.6 Å². The lowest BCUT2D eigenvalue weighted by Gasteiger charge is -2.18. The highest BCUT2D eigenvalue weighted by molar-refractivity contribution is 7.99. The van der Waals surface area contributed by atoms with Crippen LogP contribution in [0, 0.1) is 11.3 Å². The monoisotopic (exact) mass is 295 g/mol. The molecule has 1 rings (SSSR count). The van der Waals surface area contributed by atoms with Crippen molar-refractivity contribution in [3.63, 3.8) is 0 Å². The summed E-state index contributed by atoms with van der Waals surface area (Å²) in [5.41, 5.74) is 0.542. The summed E-state index contributed by atoms with van der Waals surface area (Å²) in [5, 5.41) is 12.5. The first-order valence-electron chi connectivity index (χ1n) is 6.97. The van der Waals surface area contributed by atoms with Gasteiger partial charge in [0.25, 0.3) is 0 Å². The van der Waals surface area contributed by atoms with Crippen molar-refractivity contribution in [2.45, 2.75) is 39.1 Å². The number of carbonyl (C=O) groups is 1. The predicted molar refractivity (Wildman–Crippen MR) is 85.1 cm³/mol. The van der Waals surface area contributed by atoms with Gasteiger partial charge in [-0.3, -0.25) is 4.79 Å². The second-order valence-electron chi connectivity index (χ2n) is 6.15. The molecule has 2 N–H and O–H groups in total. The maximum absolute atomic E-state index is 11.1. The quantitative estimate of drug-likeness (QED) is 0.719. The van der Waals surface area contributed by atoms with Crippen LogP contribution in [0.15, 0.2) is 29.2 Å². The Bertz CT molecular complexity index is 444. The normalized spacial score (nSPS) is 11.8. The van der Waals surface area contributed by atoms with Crippen LogP contribution >= 0.6 is 11.8 Å².